The third-order valence-corrected chi connectivity index (χ3v) is 5.86. The molecule has 1 aromatic heterocycles. The third kappa shape index (κ3) is 9.23. The predicted molar refractivity (Wildman–Crippen MR) is 143 cm³/mol. The van der Waals surface area contributed by atoms with Crippen molar-refractivity contribution in [1.29, 1.82) is 5.26 Å². The van der Waals surface area contributed by atoms with Crippen LogP contribution < -0.4 is 10.1 Å². The molecule has 0 spiro atoms. The molecule has 1 aliphatic heterocycles. The molecule has 1 atom stereocenters. The second kappa shape index (κ2) is 13.5. The molecule has 0 aliphatic carbocycles. The molecule has 3 rings (SSSR count). The number of amides is 1. The van der Waals surface area contributed by atoms with E-state index in [1.165, 1.54) is 26.0 Å². The van der Waals surface area contributed by atoms with Crippen molar-refractivity contribution in [1.82, 2.24) is 25.4 Å². The van der Waals surface area contributed by atoms with Crippen molar-refractivity contribution in [3.8, 4) is 23.1 Å². The van der Waals surface area contributed by atoms with Crippen molar-refractivity contribution in [2.45, 2.75) is 71.2 Å². The Morgan fingerprint density at radius 2 is 1.98 bits per heavy atom. The molecule has 2 heterocycles. The summed E-state index contributed by atoms with van der Waals surface area (Å²) in [4.78, 5) is 29.4. The van der Waals surface area contributed by atoms with Gasteiger partial charge >= 0.3 is 200 Å². The number of H-pyrrole nitrogens is 1. The zero-order chi connectivity index (χ0) is 30.2. The van der Waals surface area contributed by atoms with Gasteiger partial charge in [-0.25, -0.2) is 0 Å². The molecule has 41 heavy (non-hydrogen) atoms. The first-order valence-electron chi connectivity index (χ1n) is 13.0. The van der Waals surface area contributed by atoms with Crippen LogP contribution >= 0.6 is 0 Å². The van der Waals surface area contributed by atoms with Crippen molar-refractivity contribution < 1.29 is 37.0 Å². The van der Waals surface area contributed by atoms with E-state index < -0.39 is 35.4 Å². The molecule has 15 heteroatoms. The number of carbonyl (C=O) groups is 2. The average Bonchev–Trinajstić information content (AvgIpc) is 3.54. The number of ether oxygens (including phenoxy) is 3. The number of alkyl halides is 3. The van der Waals surface area contributed by atoms with E-state index in [1.807, 2.05) is 5.97 Å². The Kier molecular flexibility index (Phi) is 10.4. The monoisotopic (exact) mass is 576 g/mol. The maximum absolute atomic E-state index is 13.9. The summed E-state index contributed by atoms with van der Waals surface area (Å²) < 4.78 is 57.1. The molecule has 2 N–H and O–H groups in total. The number of unbranched alkanes of at least 4 members (excludes halogenated alkanes) is 1. The number of aromatic nitrogens is 3. The summed E-state index contributed by atoms with van der Waals surface area (Å²) in [5, 5.41) is 18.8. The van der Waals surface area contributed by atoms with Crippen LogP contribution in [0.3, 0.4) is 0 Å². The van der Waals surface area contributed by atoms with E-state index in [1.54, 1.807) is 25.7 Å². The van der Waals surface area contributed by atoms with Crippen LogP contribution in [0.5, 0.6) is 5.75 Å². The predicted octanol–water partition coefficient (Wildman–Crippen LogP) is 4.15. The molecule has 1 aromatic carbocycles. The molecule has 2 aromatic rings. The van der Waals surface area contributed by atoms with Crippen molar-refractivity contribution in [3.63, 3.8) is 0 Å². The third-order valence-electron chi connectivity index (χ3n) is 5.86. The second-order valence-electron chi connectivity index (χ2n) is 10.3. The summed E-state index contributed by atoms with van der Waals surface area (Å²) in [5.41, 5.74) is -1.36. The number of nitrogens with zero attached hydrogens (tertiary/aromatic N) is 4. The molecular weight excluding hydrogens is 544 g/mol. The number of carbonyl (C=O) groups excluding carboxylic acids is 2. The summed E-state index contributed by atoms with van der Waals surface area (Å²) in [7, 11) is 0. The number of hydrogen-bond acceptors (Lipinski definition) is 9. The molecule has 1 saturated heterocycles. The van der Waals surface area contributed by atoms with Crippen molar-refractivity contribution >= 4 is 24.7 Å². The number of nitrogens with one attached hydrogen (secondary N) is 2. The Labute approximate surface area is 236 Å². The first kappa shape index (κ1) is 31.4. The van der Waals surface area contributed by atoms with Crippen molar-refractivity contribution in [2.24, 2.45) is 0 Å². The van der Waals surface area contributed by atoms with Gasteiger partial charge in [-0.2, -0.15) is 0 Å². The fourth-order valence-electron chi connectivity index (χ4n) is 4.17. The molecule has 0 radical (unpaired) electrons. The summed E-state index contributed by atoms with van der Waals surface area (Å²) in [5.74, 6) is 1.58. The van der Waals surface area contributed by atoms with Gasteiger partial charge in [-0.05, 0) is 12.8 Å². The van der Waals surface area contributed by atoms with Gasteiger partial charge < -0.3 is 4.74 Å². The minimum absolute atomic E-state index is 0.0158. The second-order valence-corrected chi connectivity index (χ2v) is 10.3. The molecule has 1 fully saturated rings. The molecule has 0 saturated carbocycles. The summed E-state index contributed by atoms with van der Waals surface area (Å²) in [6.45, 7) is 8.28. The SMILES string of the molecule is CC(=O)OCCCCOc1ccc(-c2n[nH]c(C3CCCN3C(=BC#N)NC(=O)OC(C)(C)C)n2)cc1C(F)(F)F. The van der Waals surface area contributed by atoms with E-state index >= 15 is 0 Å². The summed E-state index contributed by atoms with van der Waals surface area (Å²) in [6.07, 6.45) is -3.24. The van der Waals surface area contributed by atoms with E-state index in [4.69, 9.17) is 14.2 Å². The number of rotatable bonds is 10. The topological polar surface area (TPSA) is 142 Å². The minimum atomic E-state index is -4.69. The first-order chi connectivity index (χ1) is 19.3. The maximum atomic E-state index is 13.9. The van der Waals surface area contributed by atoms with Crippen LogP contribution in [0.25, 0.3) is 11.4 Å². The number of benzene rings is 1. The van der Waals surface area contributed by atoms with E-state index in [-0.39, 0.29) is 36.1 Å². The van der Waals surface area contributed by atoms with Gasteiger partial charge in [-0.1, -0.05) is 0 Å². The number of esters is 1. The molecule has 1 unspecified atom stereocenters. The van der Waals surface area contributed by atoms with E-state index in [9.17, 15) is 28.0 Å². The van der Waals surface area contributed by atoms with Gasteiger partial charge in [0.2, 0.25) is 0 Å². The first-order valence-corrected chi connectivity index (χ1v) is 13.0. The van der Waals surface area contributed by atoms with Gasteiger partial charge in [0.05, 0.1) is 6.61 Å². The molecular formula is C26H32BF3N6O5. The Morgan fingerprint density at radius 3 is 2.63 bits per heavy atom. The molecule has 1 aliphatic rings. The van der Waals surface area contributed by atoms with Crippen LogP contribution in [0, 0.1) is 11.2 Å². The fourth-order valence-corrected chi connectivity index (χ4v) is 4.17. The van der Waals surface area contributed by atoms with Crippen LogP contribution in [0.2, 0.25) is 0 Å². The zero-order valence-electron chi connectivity index (χ0n) is 23.3. The zero-order valence-corrected chi connectivity index (χ0v) is 23.3. The number of halogens is 3. The Hall–Kier alpha value is -4.09. The summed E-state index contributed by atoms with van der Waals surface area (Å²) >= 11 is 0. The van der Waals surface area contributed by atoms with Crippen LogP contribution in [-0.2, 0) is 20.4 Å². The molecule has 220 valence electrons. The van der Waals surface area contributed by atoms with Gasteiger partial charge in [-0.3, -0.25) is 4.79 Å². The average molecular weight is 576 g/mol. The Balaban J connectivity index is 1.76. The van der Waals surface area contributed by atoms with E-state index in [2.05, 4.69) is 20.5 Å². The van der Waals surface area contributed by atoms with Crippen molar-refractivity contribution in [2.75, 3.05) is 19.8 Å². The van der Waals surface area contributed by atoms with Crippen LogP contribution in [0.1, 0.15) is 70.8 Å². The van der Waals surface area contributed by atoms with Crippen molar-refractivity contribution in [3.05, 3.63) is 29.6 Å². The Morgan fingerprint density at radius 1 is 1.24 bits per heavy atom. The van der Waals surface area contributed by atoms with Gasteiger partial charge in [0.25, 0.3) is 0 Å². The number of hydrogen-bond donors (Lipinski definition) is 2. The normalized spacial score (nSPS) is 15.6. The van der Waals surface area contributed by atoms with Gasteiger partial charge in [0.1, 0.15) is 0 Å². The molecule has 0 bridgehead atoms. The van der Waals surface area contributed by atoms with Crippen LogP contribution in [0.4, 0.5) is 18.0 Å². The number of aromatic amines is 1. The standard InChI is InChI=1S/C26H32BF3N6O5/c1-16(37)39-12-5-6-13-40-20-10-9-17(14-18(20)26(28,29)30)21-32-22(35-34-21)19-8-7-11-36(19)23(27-15-31)33-24(38)41-25(2,3)4/h9-10,14,19H,5-8,11-13H2,1-4H3,(H,33,38)(H,32,34,35). The van der Waals surface area contributed by atoms with Crippen LogP contribution in [-0.4, -0.2) is 70.1 Å². The van der Waals surface area contributed by atoms with Crippen LogP contribution in [0.15, 0.2) is 18.2 Å². The quantitative estimate of drug-likeness (QED) is 0.242. The van der Waals surface area contributed by atoms with E-state index in [0.717, 1.165) is 6.07 Å². The number of likely N-dealkylation sites (tertiary alicyclic amines) is 1. The number of alkyl carbamates (subject to hydrolysis) is 1. The molecule has 1 amide bonds. The summed E-state index contributed by atoms with van der Waals surface area (Å²) in [6, 6.07) is 3.18. The fraction of sp³-hybridized carbons (Fsp3) is 0.538. The van der Waals surface area contributed by atoms with Gasteiger partial charge in [0.15, 0.2) is 0 Å². The van der Waals surface area contributed by atoms with Gasteiger partial charge in [-0.15, -0.1) is 0 Å². The van der Waals surface area contributed by atoms with Gasteiger partial charge in [0, 0.05) is 6.92 Å². The van der Waals surface area contributed by atoms with E-state index in [0.29, 0.717) is 38.1 Å². The Bertz CT molecular complexity index is 1300. The molecule has 11 nitrogen and oxygen atoms in total. The number of nitriles is 1.